The number of hydrogen-bond acceptors (Lipinski definition) is 5. The molecule has 0 aromatic carbocycles. The summed E-state index contributed by atoms with van der Waals surface area (Å²) < 4.78 is 5.81. The molecule has 2 rings (SSSR count). The highest BCUT2D eigenvalue weighted by atomic mass is 79.9. The fourth-order valence-corrected chi connectivity index (χ4v) is 1.96. The quantitative estimate of drug-likeness (QED) is 0.858. The van der Waals surface area contributed by atoms with E-state index in [1.807, 2.05) is 25.1 Å². The highest BCUT2D eigenvalue weighted by Gasteiger charge is 2.02. The van der Waals surface area contributed by atoms with Crippen molar-refractivity contribution in [2.75, 3.05) is 12.4 Å². The van der Waals surface area contributed by atoms with E-state index in [0.717, 1.165) is 28.2 Å². The van der Waals surface area contributed by atoms with Crippen molar-refractivity contribution in [3.8, 4) is 5.88 Å². The Morgan fingerprint density at radius 3 is 2.79 bits per heavy atom. The third-order valence-electron chi connectivity index (χ3n) is 2.54. The molecule has 0 aliphatic heterocycles. The minimum absolute atomic E-state index is 0.613. The van der Waals surface area contributed by atoms with Crippen molar-refractivity contribution in [2.45, 2.75) is 19.9 Å². The molecule has 0 fully saturated rings. The van der Waals surface area contributed by atoms with Gasteiger partial charge in [0.2, 0.25) is 5.88 Å². The van der Waals surface area contributed by atoms with Gasteiger partial charge >= 0.3 is 0 Å². The molecule has 2 aromatic heterocycles. The zero-order valence-corrected chi connectivity index (χ0v) is 12.4. The largest absolute Gasteiger partial charge is 0.481 e. The molecule has 5 nitrogen and oxygen atoms in total. The number of hydrogen-bond donors (Lipinski definition) is 1. The second kappa shape index (κ2) is 6.47. The molecule has 0 unspecified atom stereocenters. The monoisotopic (exact) mass is 322 g/mol. The van der Waals surface area contributed by atoms with Crippen molar-refractivity contribution < 1.29 is 4.74 Å². The summed E-state index contributed by atoms with van der Waals surface area (Å²) in [6.45, 7) is 2.68. The van der Waals surface area contributed by atoms with Crippen molar-refractivity contribution in [3.05, 3.63) is 40.4 Å². The zero-order valence-electron chi connectivity index (χ0n) is 10.9. The molecule has 0 aliphatic rings. The summed E-state index contributed by atoms with van der Waals surface area (Å²) in [5.41, 5.74) is 1.06. The predicted octanol–water partition coefficient (Wildman–Crippen LogP) is 2.82. The van der Waals surface area contributed by atoms with Crippen LogP contribution in [-0.2, 0) is 13.0 Å². The van der Waals surface area contributed by atoms with Crippen molar-refractivity contribution in [1.29, 1.82) is 0 Å². The van der Waals surface area contributed by atoms with Crippen LogP contribution in [0, 0.1) is 0 Å². The number of methoxy groups -OCH3 is 1. The molecule has 0 aliphatic carbocycles. The molecule has 0 bridgehead atoms. The number of aromatic nitrogens is 3. The Morgan fingerprint density at radius 1 is 1.32 bits per heavy atom. The van der Waals surface area contributed by atoms with Gasteiger partial charge in [-0.25, -0.2) is 15.0 Å². The second-order valence-electron chi connectivity index (χ2n) is 3.91. The van der Waals surface area contributed by atoms with Crippen molar-refractivity contribution >= 4 is 21.7 Å². The van der Waals surface area contributed by atoms with Gasteiger partial charge in [-0.15, -0.1) is 0 Å². The maximum absolute atomic E-state index is 5.02. The summed E-state index contributed by atoms with van der Waals surface area (Å²) in [6.07, 6.45) is 2.58. The second-order valence-corrected chi connectivity index (χ2v) is 4.72. The number of nitrogens with zero attached hydrogens (tertiary/aromatic N) is 3. The number of nitrogens with one attached hydrogen (secondary N) is 1. The lowest BCUT2D eigenvalue weighted by Gasteiger charge is -2.07. The molecule has 0 saturated carbocycles. The Labute approximate surface area is 120 Å². The lowest BCUT2D eigenvalue weighted by molar-refractivity contribution is 0.397. The van der Waals surface area contributed by atoms with Gasteiger partial charge in [-0.2, -0.15) is 0 Å². The van der Waals surface area contributed by atoms with E-state index in [4.69, 9.17) is 4.74 Å². The van der Waals surface area contributed by atoms with E-state index < -0.39 is 0 Å². The summed E-state index contributed by atoms with van der Waals surface area (Å²) in [5.74, 6) is 2.22. The van der Waals surface area contributed by atoms with Gasteiger partial charge in [-0.1, -0.05) is 13.0 Å². The Kier molecular flexibility index (Phi) is 4.68. The lowest BCUT2D eigenvalue weighted by Crippen LogP contribution is -2.04. The smallest absolute Gasteiger partial charge is 0.212 e. The first kappa shape index (κ1) is 13.7. The summed E-state index contributed by atoms with van der Waals surface area (Å²) in [5, 5.41) is 3.25. The van der Waals surface area contributed by atoms with Crippen molar-refractivity contribution in [1.82, 2.24) is 15.0 Å². The van der Waals surface area contributed by atoms with Crippen molar-refractivity contribution in [3.63, 3.8) is 0 Å². The predicted molar refractivity (Wildman–Crippen MR) is 77.2 cm³/mol. The average Bonchev–Trinajstić information content (AvgIpc) is 2.45. The van der Waals surface area contributed by atoms with E-state index in [9.17, 15) is 0 Å². The number of aryl methyl sites for hydroxylation is 1. The highest BCUT2D eigenvalue weighted by Crippen LogP contribution is 2.14. The molecule has 0 atom stereocenters. The number of rotatable bonds is 5. The molecular weight excluding hydrogens is 308 g/mol. The SMILES string of the molecule is CCc1nc(Br)cc(NCc2ccc(OC)nc2)n1. The lowest BCUT2D eigenvalue weighted by atomic mass is 10.3. The molecule has 0 amide bonds. The van der Waals surface area contributed by atoms with Crippen molar-refractivity contribution in [2.24, 2.45) is 0 Å². The summed E-state index contributed by atoms with van der Waals surface area (Å²) in [4.78, 5) is 12.8. The van der Waals surface area contributed by atoms with Gasteiger partial charge in [0.05, 0.1) is 7.11 Å². The maximum Gasteiger partial charge on any atom is 0.212 e. The van der Waals surface area contributed by atoms with Gasteiger partial charge in [0.25, 0.3) is 0 Å². The van der Waals surface area contributed by atoms with Crippen LogP contribution < -0.4 is 10.1 Å². The maximum atomic E-state index is 5.02. The van der Waals surface area contributed by atoms with E-state index in [0.29, 0.717) is 12.4 Å². The van der Waals surface area contributed by atoms with Gasteiger partial charge in [0, 0.05) is 31.3 Å². The molecule has 2 aromatic rings. The summed E-state index contributed by atoms with van der Waals surface area (Å²) >= 11 is 3.38. The van der Waals surface area contributed by atoms with Crippen LogP contribution in [0.3, 0.4) is 0 Å². The van der Waals surface area contributed by atoms with E-state index in [2.05, 4.69) is 36.2 Å². The van der Waals surface area contributed by atoms with Crippen LogP contribution in [0.1, 0.15) is 18.3 Å². The van der Waals surface area contributed by atoms with E-state index in [-0.39, 0.29) is 0 Å². The zero-order chi connectivity index (χ0) is 13.7. The molecule has 19 heavy (non-hydrogen) atoms. The fourth-order valence-electron chi connectivity index (χ4n) is 1.54. The highest BCUT2D eigenvalue weighted by molar-refractivity contribution is 9.10. The summed E-state index contributed by atoms with van der Waals surface area (Å²) in [7, 11) is 1.60. The Hall–Kier alpha value is -1.69. The fraction of sp³-hybridized carbons (Fsp3) is 0.308. The standard InChI is InChI=1S/C13H15BrN4O/c1-3-11-17-10(14)6-12(18-11)15-7-9-4-5-13(19-2)16-8-9/h4-6,8H,3,7H2,1-2H3,(H,15,17,18). The molecule has 1 N–H and O–H groups in total. The summed E-state index contributed by atoms with van der Waals surface area (Å²) in [6, 6.07) is 5.66. The topological polar surface area (TPSA) is 59.9 Å². The number of ether oxygens (including phenoxy) is 1. The third kappa shape index (κ3) is 3.89. The van der Waals surface area contributed by atoms with Crippen LogP contribution >= 0.6 is 15.9 Å². The van der Waals surface area contributed by atoms with Gasteiger partial charge in [0.1, 0.15) is 16.2 Å². The third-order valence-corrected chi connectivity index (χ3v) is 2.94. The van der Waals surface area contributed by atoms with E-state index >= 15 is 0 Å². The van der Waals surface area contributed by atoms with Gasteiger partial charge in [-0.05, 0) is 21.5 Å². The average molecular weight is 323 g/mol. The Bertz CT molecular complexity index is 545. The number of anilines is 1. The minimum atomic E-state index is 0.613. The van der Waals surface area contributed by atoms with Crippen LogP contribution in [0.4, 0.5) is 5.82 Å². The molecule has 0 spiro atoms. The first-order chi connectivity index (χ1) is 9.21. The Morgan fingerprint density at radius 2 is 2.16 bits per heavy atom. The molecule has 2 heterocycles. The van der Waals surface area contributed by atoms with Crippen LogP contribution in [0.15, 0.2) is 29.0 Å². The molecule has 100 valence electrons. The first-order valence-corrected chi connectivity index (χ1v) is 6.77. The number of halogens is 1. The van der Waals surface area contributed by atoms with Crippen LogP contribution in [0.25, 0.3) is 0 Å². The van der Waals surface area contributed by atoms with Gasteiger partial charge < -0.3 is 10.1 Å². The number of pyridine rings is 1. The van der Waals surface area contributed by atoms with Crippen LogP contribution in [-0.4, -0.2) is 22.1 Å². The molecule has 0 radical (unpaired) electrons. The van der Waals surface area contributed by atoms with Gasteiger partial charge in [0.15, 0.2) is 0 Å². The first-order valence-electron chi connectivity index (χ1n) is 5.97. The van der Waals surface area contributed by atoms with Gasteiger partial charge in [-0.3, -0.25) is 0 Å². The van der Waals surface area contributed by atoms with Crippen LogP contribution in [0.2, 0.25) is 0 Å². The minimum Gasteiger partial charge on any atom is -0.481 e. The normalized spacial score (nSPS) is 10.3. The van der Waals surface area contributed by atoms with E-state index in [1.165, 1.54) is 0 Å². The molecule has 0 saturated heterocycles. The van der Waals surface area contributed by atoms with Crippen LogP contribution in [0.5, 0.6) is 5.88 Å². The molecular formula is C13H15BrN4O. The molecule has 6 heteroatoms. The van der Waals surface area contributed by atoms with E-state index in [1.54, 1.807) is 13.3 Å². The Balaban J connectivity index is 2.03.